The van der Waals surface area contributed by atoms with Crippen LogP contribution < -0.4 is 10.5 Å². The van der Waals surface area contributed by atoms with E-state index < -0.39 is 0 Å². The van der Waals surface area contributed by atoms with Gasteiger partial charge >= 0.3 is 0 Å². The number of H-pyrrole nitrogens is 1. The van der Waals surface area contributed by atoms with Gasteiger partial charge < -0.3 is 10.5 Å². The number of nitrogens with one attached hydrogen (secondary N) is 1. The summed E-state index contributed by atoms with van der Waals surface area (Å²) in [5.74, 6) is 1.28. The van der Waals surface area contributed by atoms with Crippen molar-refractivity contribution in [1.82, 2.24) is 10.2 Å². The molecule has 0 fully saturated rings. The largest absolute Gasteiger partial charge is 0.497 e. The van der Waals surface area contributed by atoms with Gasteiger partial charge in [-0.25, -0.2) is 0 Å². The summed E-state index contributed by atoms with van der Waals surface area (Å²) < 4.78 is 5.86. The summed E-state index contributed by atoms with van der Waals surface area (Å²) in [6.45, 7) is 0. The Morgan fingerprint density at radius 2 is 2.00 bits per heavy atom. The normalized spacial score (nSPS) is 10.3. The molecule has 0 aliphatic rings. The summed E-state index contributed by atoms with van der Waals surface area (Å²) in [6, 6.07) is 7.66. The van der Waals surface area contributed by atoms with Crippen LogP contribution in [0.25, 0.3) is 11.3 Å². The number of hydrogen-bond donors (Lipinski definition) is 2. The number of benzene rings is 1. The molecule has 3 N–H and O–H groups in total. The van der Waals surface area contributed by atoms with Crippen molar-refractivity contribution in [3.63, 3.8) is 0 Å². The molecule has 78 valence electrons. The minimum atomic E-state index is 0.459. The number of methoxy groups -OCH3 is 1. The minimum absolute atomic E-state index is 0.459. The average Bonchev–Trinajstić information content (AvgIpc) is 2.60. The van der Waals surface area contributed by atoms with Crippen molar-refractivity contribution in [3.05, 3.63) is 28.7 Å². The molecular weight excluding hydrogens is 258 g/mol. The van der Waals surface area contributed by atoms with E-state index in [1.165, 1.54) is 0 Å². The van der Waals surface area contributed by atoms with Gasteiger partial charge in [-0.2, -0.15) is 5.10 Å². The van der Waals surface area contributed by atoms with Crippen LogP contribution in [0.3, 0.4) is 0 Å². The molecule has 4 nitrogen and oxygen atoms in total. The summed E-state index contributed by atoms with van der Waals surface area (Å²) >= 11 is 3.37. The molecule has 0 radical (unpaired) electrons. The molecule has 0 aliphatic carbocycles. The van der Waals surface area contributed by atoms with Crippen LogP contribution >= 0.6 is 15.9 Å². The van der Waals surface area contributed by atoms with Gasteiger partial charge in [-0.15, -0.1) is 0 Å². The SMILES string of the molecule is COc1ccc(-c2[nH]nc(N)c2Br)cc1. The van der Waals surface area contributed by atoms with Crippen LogP contribution in [0.2, 0.25) is 0 Å². The maximum absolute atomic E-state index is 5.62. The molecule has 5 heteroatoms. The Kier molecular flexibility index (Phi) is 2.64. The third-order valence-corrected chi connectivity index (χ3v) is 2.91. The number of ether oxygens (including phenoxy) is 1. The predicted octanol–water partition coefficient (Wildman–Crippen LogP) is 2.43. The second-order valence-electron chi connectivity index (χ2n) is 3.03. The van der Waals surface area contributed by atoms with Crippen molar-refractivity contribution in [2.24, 2.45) is 0 Å². The zero-order valence-corrected chi connectivity index (χ0v) is 9.71. The van der Waals surface area contributed by atoms with Gasteiger partial charge in [0.15, 0.2) is 5.82 Å². The van der Waals surface area contributed by atoms with Gasteiger partial charge in [0.05, 0.1) is 17.3 Å². The van der Waals surface area contributed by atoms with Crippen molar-refractivity contribution in [2.45, 2.75) is 0 Å². The van der Waals surface area contributed by atoms with Crippen LogP contribution in [-0.4, -0.2) is 17.3 Å². The molecule has 1 heterocycles. The number of halogens is 1. The lowest BCUT2D eigenvalue weighted by molar-refractivity contribution is 0.415. The molecular formula is C10H10BrN3O. The lowest BCUT2D eigenvalue weighted by atomic mass is 10.1. The smallest absolute Gasteiger partial charge is 0.160 e. The molecule has 0 spiro atoms. The van der Waals surface area contributed by atoms with E-state index in [-0.39, 0.29) is 0 Å². The Balaban J connectivity index is 2.41. The first-order valence-electron chi connectivity index (χ1n) is 4.36. The summed E-state index contributed by atoms with van der Waals surface area (Å²) in [6.07, 6.45) is 0. The first-order chi connectivity index (χ1) is 7.22. The van der Waals surface area contributed by atoms with Gasteiger partial charge in [0.25, 0.3) is 0 Å². The van der Waals surface area contributed by atoms with E-state index in [2.05, 4.69) is 26.1 Å². The monoisotopic (exact) mass is 267 g/mol. The Hall–Kier alpha value is -1.49. The molecule has 0 saturated heterocycles. The van der Waals surface area contributed by atoms with E-state index in [9.17, 15) is 0 Å². The van der Waals surface area contributed by atoms with Crippen molar-refractivity contribution in [3.8, 4) is 17.0 Å². The van der Waals surface area contributed by atoms with Crippen molar-refractivity contribution < 1.29 is 4.74 Å². The Labute approximate surface area is 95.6 Å². The van der Waals surface area contributed by atoms with Crippen LogP contribution in [0.15, 0.2) is 28.7 Å². The number of nitrogens with zero attached hydrogens (tertiary/aromatic N) is 1. The van der Waals surface area contributed by atoms with Gasteiger partial charge in [0.1, 0.15) is 5.75 Å². The third-order valence-electron chi connectivity index (χ3n) is 2.11. The van der Waals surface area contributed by atoms with Crippen LogP contribution in [0.4, 0.5) is 5.82 Å². The van der Waals surface area contributed by atoms with Crippen LogP contribution in [0.1, 0.15) is 0 Å². The molecule has 15 heavy (non-hydrogen) atoms. The van der Waals surface area contributed by atoms with E-state index in [1.54, 1.807) is 7.11 Å². The molecule has 1 aromatic carbocycles. The number of rotatable bonds is 2. The van der Waals surface area contributed by atoms with E-state index in [1.807, 2.05) is 24.3 Å². The average molecular weight is 268 g/mol. The quantitative estimate of drug-likeness (QED) is 0.879. The first-order valence-corrected chi connectivity index (χ1v) is 5.15. The zero-order chi connectivity index (χ0) is 10.8. The van der Waals surface area contributed by atoms with E-state index >= 15 is 0 Å². The van der Waals surface area contributed by atoms with Gasteiger partial charge in [0.2, 0.25) is 0 Å². The Morgan fingerprint density at radius 1 is 1.33 bits per heavy atom. The van der Waals surface area contributed by atoms with Gasteiger partial charge in [-0.05, 0) is 40.2 Å². The van der Waals surface area contributed by atoms with Gasteiger partial charge in [0, 0.05) is 5.56 Å². The molecule has 0 atom stereocenters. The fraction of sp³-hybridized carbons (Fsp3) is 0.100. The Morgan fingerprint density at radius 3 is 2.47 bits per heavy atom. The molecule has 2 aromatic rings. The Bertz CT molecular complexity index is 464. The van der Waals surface area contributed by atoms with Gasteiger partial charge in [-0.1, -0.05) is 0 Å². The lowest BCUT2D eigenvalue weighted by Gasteiger charge is -2.01. The summed E-state index contributed by atoms with van der Waals surface area (Å²) in [5, 5.41) is 6.77. The number of aromatic nitrogens is 2. The highest BCUT2D eigenvalue weighted by Gasteiger charge is 2.09. The number of aromatic amines is 1. The number of nitrogen functional groups attached to an aromatic ring is 1. The second-order valence-corrected chi connectivity index (χ2v) is 3.82. The number of nitrogens with two attached hydrogens (primary N) is 1. The van der Waals surface area contributed by atoms with E-state index in [0.29, 0.717) is 5.82 Å². The summed E-state index contributed by atoms with van der Waals surface area (Å²) in [7, 11) is 1.64. The maximum Gasteiger partial charge on any atom is 0.160 e. The fourth-order valence-electron chi connectivity index (χ4n) is 1.29. The first kappa shape index (κ1) is 10.0. The molecule has 0 unspecified atom stereocenters. The van der Waals surface area contributed by atoms with Crippen molar-refractivity contribution >= 4 is 21.7 Å². The molecule has 0 aliphatic heterocycles. The summed E-state index contributed by atoms with van der Waals surface area (Å²) in [5.41, 5.74) is 7.50. The molecule has 2 rings (SSSR count). The minimum Gasteiger partial charge on any atom is -0.497 e. The second kappa shape index (κ2) is 3.94. The summed E-state index contributed by atoms with van der Waals surface area (Å²) in [4.78, 5) is 0. The number of anilines is 1. The van der Waals surface area contributed by atoms with E-state index in [0.717, 1.165) is 21.5 Å². The predicted molar refractivity (Wildman–Crippen MR) is 62.7 cm³/mol. The van der Waals surface area contributed by atoms with Gasteiger partial charge in [-0.3, -0.25) is 5.10 Å². The molecule has 0 saturated carbocycles. The van der Waals surface area contributed by atoms with Crippen LogP contribution in [-0.2, 0) is 0 Å². The molecule has 0 bridgehead atoms. The van der Waals surface area contributed by atoms with E-state index in [4.69, 9.17) is 10.5 Å². The molecule has 1 aromatic heterocycles. The van der Waals surface area contributed by atoms with Crippen LogP contribution in [0, 0.1) is 0 Å². The highest BCUT2D eigenvalue weighted by atomic mass is 79.9. The van der Waals surface area contributed by atoms with Crippen LogP contribution in [0.5, 0.6) is 5.75 Å². The van der Waals surface area contributed by atoms with Crippen molar-refractivity contribution in [1.29, 1.82) is 0 Å². The number of hydrogen-bond acceptors (Lipinski definition) is 3. The third kappa shape index (κ3) is 1.83. The van der Waals surface area contributed by atoms with Crippen molar-refractivity contribution in [2.75, 3.05) is 12.8 Å². The lowest BCUT2D eigenvalue weighted by Crippen LogP contribution is -1.84. The molecule has 0 amide bonds. The topological polar surface area (TPSA) is 63.9 Å². The fourth-order valence-corrected chi connectivity index (χ4v) is 1.70. The highest BCUT2D eigenvalue weighted by molar-refractivity contribution is 9.10. The highest BCUT2D eigenvalue weighted by Crippen LogP contribution is 2.30. The standard InChI is InChI=1S/C10H10BrN3O/c1-15-7-4-2-6(3-5-7)9-8(11)10(12)14-13-9/h2-5H,1H3,(H3,12,13,14). The zero-order valence-electron chi connectivity index (χ0n) is 8.12. The maximum atomic E-state index is 5.62.